The Morgan fingerprint density at radius 2 is 1.91 bits per heavy atom. The molecule has 1 N–H and O–H groups in total. The third kappa shape index (κ3) is 3.15. The van der Waals surface area contributed by atoms with Crippen molar-refractivity contribution < 1.29 is 9.21 Å². The van der Waals surface area contributed by atoms with Crippen molar-refractivity contribution in [3.63, 3.8) is 0 Å². The summed E-state index contributed by atoms with van der Waals surface area (Å²) in [6.07, 6.45) is 0. The van der Waals surface area contributed by atoms with Crippen molar-refractivity contribution in [2.24, 2.45) is 0 Å². The molecule has 0 unspecified atom stereocenters. The first-order chi connectivity index (χ1) is 10.0. The monoisotopic (exact) mass is 380 g/mol. The largest absolute Gasteiger partial charge is 0.424 e. The van der Waals surface area contributed by atoms with Gasteiger partial charge in [0.25, 0.3) is 5.68 Å². The molecule has 1 heterocycles. The van der Waals surface area contributed by atoms with Crippen LogP contribution in [0.5, 0.6) is 0 Å². The number of hydrogen-bond donors (Lipinski definition) is 1. The van der Waals surface area contributed by atoms with Crippen LogP contribution in [0.1, 0.15) is 15.9 Å². The molecule has 114 valence electrons. The van der Waals surface area contributed by atoms with E-state index in [9.17, 15) is 4.79 Å². The summed E-state index contributed by atoms with van der Waals surface area (Å²) < 4.78 is 6.85. The van der Waals surface area contributed by atoms with Crippen molar-refractivity contribution in [3.05, 3.63) is 64.3 Å². The summed E-state index contributed by atoms with van der Waals surface area (Å²) in [5.41, 5.74) is 2.84. The van der Waals surface area contributed by atoms with E-state index in [0.29, 0.717) is 21.7 Å². The number of Topliss-reactive ketones (excluding diaryl/α,β-unsaturated/α-hetero) is 1. The summed E-state index contributed by atoms with van der Waals surface area (Å²) >= 11 is 5.97. The summed E-state index contributed by atoms with van der Waals surface area (Å²) in [6, 6.07) is 12.4. The van der Waals surface area contributed by atoms with Crippen molar-refractivity contribution in [3.8, 4) is 0 Å². The number of halogens is 2. The molecular weight excluding hydrogens is 368 g/mol. The Balaban J connectivity index is 0.00000176. The molecule has 0 saturated carbocycles. The Kier molecular flexibility index (Phi) is 4.88. The van der Waals surface area contributed by atoms with Gasteiger partial charge in [-0.1, -0.05) is 41.4 Å². The van der Waals surface area contributed by atoms with E-state index in [1.54, 1.807) is 30.3 Å². The number of oxazole rings is 1. The van der Waals surface area contributed by atoms with Crippen LogP contribution in [0.25, 0.3) is 11.1 Å². The second-order valence-electron chi connectivity index (χ2n) is 4.89. The van der Waals surface area contributed by atoms with Crippen molar-refractivity contribution in [2.45, 2.75) is 13.5 Å². The van der Waals surface area contributed by atoms with Crippen LogP contribution in [-0.2, 0) is 6.54 Å². The second kappa shape index (κ2) is 6.50. The topological polar surface area (TPSA) is 59.0 Å². The molecule has 0 aliphatic carbocycles. The van der Waals surface area contributed by atoms with E-state index in [2.05, 4.69) is 0 Å². The zero-order chi connectivity index (χ0) is 15.0. The molecule has 4 nitrogen and oxygen atoms in total. The maximum absolute atomic E-state index is 12.3. The maximum Gasteiger partial charge on any atom is 0.295 e. The molecule has 0 aliphatic heterocycles. The normalized spacial score (nSPS) is 10.5. The number of benzene rings is 2. The Morgan fingerprint density at radius 3 is 2.59 bits per heavy atom. The van der Waals surface area contributed by atoms with Crippen molar-refractivity contribution in [1.29, 1.82) is 5.41 Å². The minimum atomic E-state index is -0.0730. The molecule has 0 atom stereocenters. The predicted octanol–water partition coefficient (Wildman–Crippen LogP) is 4.14. The molecule has 0 fully saturated rings. The van der Waals surface area contributed by atoms with Crippen LogP contribution in [0.4, 0.5) is 0 Å². The van der Waals surface area contributed by atoms with E-state index in [0.717, 1.165) is 5.56 Å². The zero-order valence-electron chi connectivity index (χ0n) is 11.8. The van der Waals surface area contributed by atoms with Crippen molar-refractivity contribution in [1.82, 2.24) is 4.57 Å². The van der Waals surface area contributed by atoms with Crippen molar-refractivity contribution in [2.75, 3.05) is 0 Å². The summed E-state index contributed by atoms with van der Waals surface area (Å²) in [5.74, 6) is -0.0730. The van der Waals surface area contributed by atoms with Gasteiger partial charge in [-0.15, -0.1) is 17.0 Å². The average Bonchev–Trinajstić information content (AvgIpc) is 2.76. The molecule has 1 aromatic heterocycles. The number of rotatable bonds is 3. The number of aromatic nitrogens is 1. The molecule has 0 bridgehead atoms. The minimum Gasteiger partial charge on any atom is -0.424 e. The average molecular weight is 382 g/mol. The van der Waals surface area contributed by atoms with Gasteiger partial charge < -0.3 is 4.42 Å². The van der Waals surface area contributed by atoms with Crippen LogP contribution in [0, 0.1) is 12.3 Å². The number of carbonyl (C=O) groups excluding carboxylic acids is 1. The SMILES string of the molecule is Br.Cc1ccc(C(=O)Cn2c(=N)oc3ccc(Cl)cc32)cc1. The molecule has 2 aromatic carbocycles. The lowest BCUT2D eigenvalue weighted by atomic mass is 10.1. The third-order valence-electron chi connectivity index (χ3n) is 3.34. The fourth-order valence-corrected chi connectivity index (χ4v) is 2.35. The van der Waals surface area contributed by atoms with Gasteiger partial charge >= 0.3 is 0 Å². The number of nitrogens with zero attached hydrogens (tertiary/aromatic N) is 1. The van der Waals surface area contributed by atoms with E-state index in [1.165, 1.54) is 4.57 Å². The predicted molar refractivity (Wildman–Crippen MR) is 90.9 cm³/mol. The van der Waals surface area contributed by atoms with Crippen LogP contribution in [0.2, 0.25) is 5.02 Å². The van der Waals surface area contributed by atoms with Crippen LogP contribution in [0.3, 0.4) is 0 Å². The van der Waals surface area contributed by atoms with Crippen LogP contribution in [0.15, 0.2) is 46.9 Å². The lowest BCUT2D eigenvalue weighted by molar-refractivity contribution is 0.0970. The van der Waals surface area contributed by atoms with Gasteiger partial charge in [0.15, 0.2) is 11.4 Å². The summed E-state index contributed by atoms with van der Waals surface area (Å²) in [5, 5.41) is 8.40. The zero-order valence-corrected chi connectivity index (χ0v) is 14.3. The van der Waals surface area contributed by atoms with Gasteiger partial charge in [-0.3, -0.25) is 14.8 Å². The van der Waals surface area contributed by atoms with E-state index in [1.807, 2.05) is 19.1 Å². The quantitative estimate of drug-likeness (QED) is 0.693. The molecule has 22 heavy (non-hydrogen) atoms. The number of carbonyl (C=O) groups is 1. The fourth-order valence-electron chi connectivity index (χ4n) is 2.19. The summed E-state index contributed by atoms with van der Waals surface area (Å²) in [4.78, 5) is 12.3. The Hall–Kier alpha value is -1.85. The molecule has 0 radical (unpaired) electrons. The first kappa shape index (κ1) is 16.5. The van der Waals surface area contributed by atoms with Crippen LogP contribution < -0.4 is 5.68 Å². The number of hydrogen-bond acceptors (Lipinski definition) is 3. The van der Waals surface area contributed by atoms with E-state index in [-0.39, 0.29) is 35.0 Å². The number of aryl methyl sites for hydroxylation is 1. The minimum absolute atomic E-state index is 0. The van der Waals surface area contributed by atoms with Crippen molar-refractivity contribution >= 4 is 45.5 Å². The lowest BCUT2D eigenvalue weighted by Crippen LogP contribution is -2.20. The molecule has 0 spiro atoms. The highest BCUT2D eigenvalue weighted by molar-refractivity contribution is 8.93. The number of fused-ring (bicyclic) bond motifs is 1. The van der Waals surface area contributed by atoms with Gasteiger partial charge in [-0.05, 0) is 25.1 Å². The Labute approximate surface area is 142 Å². The van der Waals surface area contributed by atoms with Crippen LogP contribution in [-0.4, -0.2) is 10.4 Å². The van der Waals surface area contributed by atoms with Crippen LogP contribution >= 0.6 is 28.6 Å². The molecular formula is C16H14BrClN2O2. The van der Waals surface area contributed by atoms with E-state index < -0.39 is 0 Å². The molecule has 0 aliphatic rings. The number of ketones is 1. The Morgan fingerprint density at radius 1 is 1.23 bits per heavy atom. The van der Waals surface area contributed by atoms with Gasteiger partial charge in [0.1, 0.15) is 0 Å². The molecule has 3 aromatic rings. The highest BCUT2D eigenvalue weighted by atomic mass is 79.9. The Bertz CT molecular complexity index is 881. The second-order valence-corrected chi connectivity index (χ2v) is 5.33. The fraction of sp³-hybridized carbons (Fsp3) is 0.125. The standard InChI is InChI=1S/C16H13ClN2O2.BrH/c1-10-2-4-11(5-3-10)14(20)9-19-13-8-12(17)6-7-15(13)21-16(19)18;/h2-8,18H,9H2,1H3;1H. The van der Waals surface area contributed by atoms with Gasteiger partial charge in [0, 0.05) is 10.6 Å². The third-order valence-corrected chi connectivity index (χ3v) is 3.57. The van der Waals surface area contributed by atoms with Gasteiger partial charge in [0.2, 0.25) is 0 Å². The molecule has 6 heteroatoms. The smallest absolute Gasteiger partial charge is 0.295 e. The first-order valence-corrected chi connectivity index (χ1v) is 6.86. The lowest BCUT2D eigenvalue weighted by Gasteiger charge is -2.04. The summed E-state index contributed by atoms with van der Waals surface area (Å²) in [7, 11) is 0. The van der Waals surface area contributed by atoms with Gasteiger partial charge in [-0.2, -0.15) is 0 Å². The maximum atomic E-state index is 12.3. The number of nitrogens with one attached hydrogen (secondary N) is 1. The van der Waals surface area contributed by atoms with E-state index in [4.69, 9.17) is 21.4 Å². The molecule has 3 rings (SSSR count). The van der Waals surface area contributed by atoms with E-state index >= 15 is 0 Å². The van der Waals surface area contributed by atoms with Gasteiger partial charge in [-0.25, -0.2) is 0 Å². The molecule has 0 saturated heterocycles. The molecule has 0 amide bonds. The van der Waals surface area contributed by atoms with Gasteiger partial charge in [0.05, 0.1) is 12.1 Å². The highest BCUT2D eigenvalue weighted by Crippen LogP contribution is 2.18. The summed E-state index contributed by atoms with van der Waals surface area (Å²) in [6.45, 7) is 2.02. The highest BCUT2D eigenvalue weighted by Gasteiger charge is 2.12. The first-order valence-electron chi connectivity index (χ1n) is 6.48.